The summed E-state index contributed by atoms with van der Waals surface area (Å²) in [5.74, 6) is -0.541. The van der Waals surface area contributed by atoms with E-state index in [1.54, 1.807) is 0 Å². The maximum Gasteiger partial charge on any atom is 0.330 e. The van der Waals surface area contributed by atoms with E-state index in [1.165, 1.54) is 0 Å². The molecule has 0 aromatic carbocycles. The predicted molar refractivity (Wildman–Crippen MR) is 107 cm³/mol. The van der Waals surface area contributed by atoms with E-state index in [4.69, 9.17) is 4.74 Å². The summed E-state index contributed by atoms with van der Waals surface area (Å²) in [5, 5.41) is 8.15. The summed E-state index contributed by atoms with van der Waals surface area (Å²) in [7, 11) is 0. The van der Waals surface area contributed by atoms with Crippen molar-refractivity contribution in [2.75, 3.05) is 26.2 Å². The van der Waals surface area contributed by atoms with Gasteiger partial charge in [-0.2, -0.15) is 0 Å². The molecule has 7 heteroatoms. The number of ether oxygens (including phenoxy) is 1. The third-order valence-corrected chi connectivity index (χ3v) is 4.54. The van der Waals surface area contributed by atoms with Crippen molar-refractivity contribution in [1.29, 1.82) is 0 Å². The molecule has 27 heavy (non-hydrogen) atoms. The van der Waals surface area contributed by atoms with E-state index in [0.29, 0.717) is 13.1 Å². The van der Waals surface area contributed by atoms with Crippen LogP contribution >= 0.6 is 0 Å². The Morgan fingerprint density at radius 2 is 1.41 bits per heavy atom. The molecule has 0 saturated heterocycles. The molecule has 0 aliphatic carbocycles. The zero-order chi connectivity index (χ0) is 21.3. The molecule has 0 aromatic rings. The molecular weight excluding hydrogens is 346 g/mol. The molecule has 0 fully saturated rings. The lowest BCUT2D eigenvalue weighted by atomic mass is 9.61. The highest BCUT2D eigenvalue weighted by atomic mass is 16.5. The van der Waals surface area contributed by atoms with E-state index in [1.807, 2.05) is 6.92 Å². The van der Waals surface area contributed by atoms with Gasteiger partial charge in [-0.15, -0.1) is 0 Å². The van der Waals surface area contributed by atoms with Crippen LogP contribution < -0.4 is 16.0 Å². The van der Waals surface area contributed by atoms with E-state index in [9.17, 15) is 14.4 Å². The highest BCUT2D eigenvalue weighted by Gasteiger charge is 2.46. The fourth-order valence-electron chi connectivity index (χ4n) is 2.73. The van der Waals surface area contributed by atoms with Gasteiger partial charge in [-0.25, -0.2) is 9.59 Å². The number of esters is 1. The average molecular weight is 384 g/mol. The number of nitrogens with one attached hydrogen (secondary N) is 3. The number of amides is 3. The SMILES string of the molecule is C=CC(=O)OCCNC(=O)NCCNC(=O)C(C)(CC(C)(C)C)C(C)(C)C. The lowest BCUT2D eigenvalue weighted by Gasteiger charge is -2.44. The fraction of sp³-hybridized carbons (Fsp3) is 0.750. The number of carbonyl (C=O) groups excluding carboxylic acids is 3. The van der Waals surface area contributed by atoms with Gasteiger partial charge in [-0.05, 0) is 17.3 Å². The first-order valence-corrected chi connectivity index (χ1v) is 9.32. The zero-order valence-corrected chi connectivity index (χ0v) is 18.0. The summed E-state index contributed by atoms with van der Waals surface area (Å²) in [4.78, 5) is 35.4. The minimum atomic E-state index is -0.530. The summed E-state index contributed by atoms with van der Waals surface area (Å²) in [6.45, 7) is 18.8. The Morgan fingerprint density at radius 1 is 0.889 bits per heavy atom. The molecule has 0 radical (unpaired) electrons. The second-order valence-corrected chi connectivity index (χ2v) is 9.13. The Bertz CT molecular complexity index is 532. The molecule has 1 atom stereocenters. The Morgan fingerprint density at radius 3 is 1.89 bits per heavy atom. The standard InChI is InChI=1S/C20H37N3O4/c1-9-15(24)27-13-12-23-17(26)22-11-10-21-16(25)20(8,19(5,6)7)14-18(2,3)4/h9H,1,10-14H2,2-8H3,(H,21,25)(H2,22,23,26). The van der Waals surface area contributed by atoms with E-state index in [-0.39, 0.29) is 35.9 Å². The maximum atomic E-state index is 12.8. The second kappa shape index (κ2) is 10.3. The van der Waals surface area contributed by atoms with Gasteiger partial charge in [0.25, 0.3) is 0 Å². The van der Waals surface area contributed by atoms with Crippen molar-refractivity contribution in [3.63, 3.8) is 0 Å². The van der Waals surface area contributed by atoms with E-state index < -0.39 is 11.4 Å². The molecular formula is C20H37N3O4. The van der Waals surface area contributed by atoms with Gasteiger partial charge in [-0.3, -0.25) is 4.79 Å². The molecule has 0 rings (SSSR count). The van der Waals surface area contributed by atoms with Crippen LogP contribution in [0.15, 0.2) is 12.7 Å². The van der Waals surface area contributed by atoms with Crippen LogP contribution in [0.4, 0.5) is 4.79 Å². The summed E-state index contributed by atoms with van der Waals surface area (Å²) in [6.07, 6.45) is 1.82. The number of hydrogen-bond acceptors (Lipinski definition) is 4. The largest absolute Gasteiger partial charge is 0.461 e. The first kappa shape index (κ1) is 24.9. The van der Waals surface area contributed by atoms with Gasteiger partial charge in [0.1, 0.15) is 6.61 Å². The first-order chi connectivity index (χ1) is 12.2. The summed E-state index contributed by atoms with van der Waals surface area (Å²) in [5.41, 5.74) is -0.701. The van der Waals surface area contributed by atoms with E-state index in [0.717, 1.165) is 12.5 Å². The van der Waals surface area contributed by atoms with Gasteiger partial charge >= 0.3 is 12.0 Å². The van der Waals surface area contributed by atoms with Crippen LogP contribution in [0.2, 0.25) is 0 Å². The first-order valence-electron chi connectivity index (χ1n) is 9.32. The zero-order valence-electron chi connectivity index (χ0n) is 18.0. The van der Waals surface area contributed by atoms with Crippen molar-refractivity contribution in [2.45, 2.75) is 54.9 Å². The molecule has 0 heterocycles. The van der Waals surface area contributed by atoms with Crippen molar-refractivity contribution in [3.8, 4) is 0 Å². The van der Waals surface area contributed by atoms with Crippen molar-refractivity contribution < 1.29 is 19.1 Å². The van der Waals surface area contributed by atoms with Gasteiger partial charge < -0.3 is 20.7 Å². The predicted octanol–water partition coefficient (Wildman–Crippen LogP) is 2.62. The minimum absolute atomic E-state index is 0.0107. The highest BCUT2D eigenvalue weighted by Crippen LogP contribution is 2.46. The summed E-state index contributed by atoms with van der Waals surface area (Å²) < 4.78 is 4.75. The molecule has 3 amide bonds. The number of carbonyl (C=O) groups is 3. The Kier molecular flexibility index (Phi) is 9.54. The monoisotopic (exact) mass is 383 g/mol. The van der Waals surface area contributed by atoms with Gasteiger partial charge in [0.05, 0.1) is 12.0 Å². The molecule has 3 N–H and O–H groups in total. The molecule has 0 aliphatic heterocycles. The smallest absolute Gasteiger partial charge is 0.330 e. The van der Waals surface area contributed by atoms with Gasteiger partial charge in [-0.1, -0.05) is 55.0 Å². The Hall–Kier alpha value is -2.05. The number of urea groups is 1. The molecule has 0 spiro atoms. The quantitative estimate of drug-likeness (QED) is 0.324. The minimum Gasteiger partial charge on any atom is -0.461 e. The Balaban J connectivity index is 4.34. The number of rotatable bonds is 9. The van der Waals surface area contributed by atoms with Gasteiger partial charge in [0.15, 0.2) is 0 Å². The van der Waals surface area contributed by atoms with Crippen LogP contribution in [0, 0.1) is 16.2 Å². The van der Waals surface area contributed by atoms with Crippen molar-refractivity contribution in [3.05, 3.63) is 12.7 Å². The fourth-order valence-corrected chi connectivity index (χ4v) is 2.73. The second-order valence-electron chi connectivity index (χ2n) is 9.13. The van der Waals surface area contributed by atoms with Crippen LogP contribution in [0.25, 0.3) is 0 Å². The summed E-state index contributed by atoms with van der Waals surface area (Å²) >= 11 is 0. The average Bonchev–Trinajstić information content (AvgIpc) is 2.52. The van der Waals surface area contributed by atoms with Crippen LogP contribution in [0.1, 0.15) is 54.9 Å². The van der Waals surface area contributed by atoms with Crippen molar-refractivity contribution in [2.24, 2.45) is 16.2 Å². The maximum absolute atomic E-state index is 12.8. The molecule has 0 aromatic heterocycles. The van der Waals surface area contributed by atoms with Gasteiger partial charge in [0, 0.05) is 19.2 Å². The lowest BCUT2D eigenvalue weighted by Crippen LogP contribution is -2.50. The van der Waals surface area contributed by atoms with Crippen molar-refractivity contribution >= 4 is 17.9 Å². The molecule has 0 saturated carbocycles. The van der Waals surface area contributed by atoms with Gasteiger partial charge in [0.2, 0.25) is 5.91 Å². The lowest BCUT2D eigenvalue weighted by molar-refractivity contribution is -0.139. The van der Waals surface area contributed by atoms with Crippen LogP contribution in [0.3, 0.4) is 0 Å². The molecule has 156 valence electrons. The van der Waals surface area contributed by atoms with Crippen molar-refractivity contribution in [1.82, 2.24) is 16.0 Å². The van der Waals surface area contributed by atoms with Crippen LogP contribution in [-0.2, 0) is 14.3 Å². The topological polar surface area (TPSA) is 96.5 Å². The normalized spacial score (nSPS) is 13.9. The number of hydrogen-bond donors (Lipinski definition) is 3. The van der Waals surface area contributed by atoms with E-state index >= 15 is 0 Å². The molecule has 0 aliphatic rings. The van der Waals surface area contributed by atoms with Crippen LogP contribution in [-0.4, -0.2) is 44.1 Å². The summed E-state index contributed by atoms with van der Waals surface area (Å²) in [6, 6.07) is -0.382. The molecule has 0 bridgehead atoms. The Labute approximate surface area is 163 Å². The van der Waals surface area contributed by atoms with E-state index in [2.05, 4.69) is 64.1 Å². The third kappa shape index (κ3) is 9.45. The van der Waals surface area contributed by atoms with Crippen LogP contribution in [0.5, 0.6) is 0 Å². The molecule has 1 unspecified atom stereocenters. The highest BCUT2D eigenvalue weighted by molar-refractivity contribution is 5.83. The molecule has 7 nitrogen and oxygen atoms in total. The third-order valence-electron chi connectivity index (χ3n) is 4.54.